The minimum Gasteiger partial charge on any atom is -0.480 e. The Morgan fingerprint density at radius 1 is 1.82 bits per heavy atom. The number of hydrogen-bond acceptors (Lipinski definition) is 3. The minimum absolute atomic E-state index is 0.519. The first-order valence-electron chi connectivity index (χ1n) is 2.69. The Bertz CT molecular complexity index is 176. The Hall–Kier alpha value is -0.620. The second kappa shape index (κ2) is 3.68. The molecule has 0 aromatic heterocycles. The van der Waals surface area contributed by atoms with Crippen LogP contribution in [0.3, 0.4) is 0 Å². The first-order valence-corrected chi connectivity index (χ1v) is 3.16. The van der Waals surface area contributed by atoms with E-state index >= 15 is 0 Å². The van der Waals surface area contributed by atoms with Crippen molar-refractivity contribution in [2.75, 3.05) is 0 Å². The molecular weight excluding hydrogens is 176 g/mol. The van der Waals surface area contributed by atoms with E-state index in [1.165, 1.54) is 0 Å². The second-order valence-electron chi connectivity index (χ2n) is 2.02. The van der Waals surface area contributed by atoms with Gasteiger partial charge in [0, 0.05) is 6.42 Å². The number of aliphatic carboxylic acids is 1. The zero-order valence-electron chi connectivity index (χ0n) is 5.46. The highest BCUT2D eigenvalue weighted by Gasteiger charge is 2.42. The van der Waals surface area contributed by atoms with Crippen LogP contribution >= 0.6 is 12.2 Å². The molecule has 3 nitrogen and oxygen atoms in total. The number of alkyl halides is 2. The molecule has 0 fully saturated rings. The molecule has 64 valence electrons. The summed E-state index contributed by atoms with van der Waals surface area (Å²) in [6.07, 6.45) is -3.63. The molecule has 6 heteroatoms. The Morgan fingerprint density at radius 3 is 2.36 bits per heavy atom. The van der Waals surface area contributed by atoms with Crippen LogP contribution in [0.2, 0.25) is 0 Å². The summed E-state index contributed by atoms with van der Waals surface area (Å²) < 4.78 is 23.9. The first-order chi connectivity index (χ1) is 4.95. The van der Waals surface area contributed by atoms with E-state index in [0.717, 1.165) is 5.37 Å². The predicted molar refractivity (Wildman–Crippen MR) is 38.8 cm³/mol. The topological polar surface area (TPSA) is 63.3 Å². The second-order valence-corrected chi connectivity index (χ2v) is 2.35. The fourth-order valence-corrected chi connectivity index (χ4v) is 0.683. The van der Waals surface area contributed by atoms with Gasteiger partial charge in [-0.1, -0.05) is 12.2 Å². The maximum absolute atomic E-state index is 11.9. The Morgan fingerprint density at radius 2 is 2.27 bits per heavy atom. The molecule has 0 rings (SSSR count). The number of thiocarbonyl (C=S) groups is 1. The number of carbonyl (C=O) groups is 1. The third-order valence-electron chi connectivity index (χ3n) is 1.21. The third kappa shape index (κ3) is 2.16. The third-order valence-corrected chi connectivity index (χ3v) is 1.38. The van der Waals surface area contributed by atoms with Gasteiger partial charge in [-0.25, -0.2) is 13.6 Å². The molecule has 0 spiro atoms. The number of carboxylic acid groups (broad SMARTS) is 1. The summed E-state index contributed by atoms with van der Waals surface area (Å²) in [7, 11) is 0. The van der Waals surface area contributed by atoms with Gasteiger partial charge in [0.15, 0.2) is 5.54 Å². The van der Waals surface area contributed by atoms with Crippen LogP contribution in [0.5, 0.6) is 0 Å². The van der Waals surface area contributed by atoms with E-state index in [-0.39, 0.29) is 0 Å². The SMILES string of the molecule is NC(CC=S)(C(=O)O)C(F)F. The summed E-state index contributed by atoms with van der Waals surface area (Å²) in [6.45, 7) is 0. The average molecular weight is 183 g/mol. The van der Waals surface area contributed by atoms with Crippen molar-refractivity contribution in [3.8, 4) is 0 Å². The quantitative estimate of drug-likeness (QED) is 0.620. The Labute approximate surface area is 67.2 Å². The molecule has 0 heterocycles. The van der Waals surface area contributed by atoms with Gasteiger partial charge in [-0.2, -0.15) is 0 Å². The molecule has 0 radical (unpaired) electrons. The van der Waals surface area contributed by atoms with Crippen LogP contribution < -0.4 is 5.73 Å². The van der Waals surface area contributed by atoms with Crippen molar-refractivity contribution in [2.45, 2.75) is 18.4 Å². The zero-order valence-corrected chi connectivity index (χ0v) is 6.28. The van der Waals surface area contributed by atoms with E-state index in [4.69, 9.17) is 10.8 Å². The van der Waals surface area contributed by atoms with Crippen molar-refractivity contribution in [3.05, 3.63) is 0 Å². The molecule has 0 aliphatic carbocycles. The maximum Gasteiger partial charge on any atom is 0.330 e. The van der Waals surface area contributed by atoms with Gasteiger partial charge < -0.3 is 10.8 Å². The van der Waals surface area contributed by atoms with Crippen LogP contribution in [-0.2, 0) is 4.79 Å². The number of halogens is 2. The van der Waals surface area contributed by atoms with Crippen molar-refractivity contribution < 1.29 is 18.7 Å². The smallest absolute Gasteiger partial charge is 0.330 e. The highest BCUT2D eigenvalue weighted by molar-refractivity contribution is 7.78. The molecule has 11 heavy (non-hydrogen) atoms. The number of carboxylic acids is 1. The van der Waals surface area contributed by atoms with E-state index in [1.54, 1.807) is 0 Å². The molecule has 0 amide bonds. The van der Waals surface area contributed by atoms with Crippen molar-refractivity contribution >= 4 is 23.6 Å². The maximum atomic E-state index is 11.9. The van der Waals surface area contributed by atoms with Gasteiger partial charge >= 0.3 is 5.97 Å². The fourth-order valence-electron chi connectivity index (χ4n) is 0.408. The van der Waals surface area contributed by atoms with Crippen LogP contribution in [-0.4, -0.2) is 28.4 Å². The van der Waals surface area contributed by atoms with E-state index < -0.39 is 24.4 Å². The van der Waals surface area contributed by atoms with Crippen LogP contribution in [0, 0.1) is 0 Å². The van der Waals surface area contributed by atoms with E-state index in [9.17, 15) is 13.6 Å². The highest BCUT2D eigenvalue weighted by atomic mass is 32.1. The molecule has 0 aromatic rings. The average Bonchev–Trinajstić information content (AvgIpc) is 1.87. The predicted octanol–water partition coefficient (Wildman–Crippen LogP) is 0.423. The summed E-state index contributed by atoms with van der Waals surface area (Å²) in [4.78, 5) is 10.2. The van der Waals surface area contributed by atoms with Gasteiger partial charge in [-0.15, -0.1) is 0 Å². The summed E-state index contributed by atoms with van der Waals surface area (Å²) in [5, 5.41) is 9.15. The van der Waals surface area contributed by atoms with Crippen LogP contribution in [0.4, 0.5) is 8.78 Å². The van der Waals surface area contributed by atoms with Crippen LogP contribution in [0.25, 0.3) is 0 Å². The number of hydrogen-bond donors (Lipinski definition) is 2. The van der Waals surface area contributed by atoms with Gasteiger partial charge in [-0.05, 0) is 5.37 Å². The molecule has 1 atom stereocenters. The summed E-state index contributed by atoms with van der Waals surface area (Å²) in [5.41, 5.74) is 2.32. The first kappa shape index (κ1) is 10.4. The van der Waals surface area contributed by atoms with Gasteiger partial charge in [0.2, 0.25) is 0 Å². The lowest BCUT2D eigenvalue weighted by Crippen LogP contribution is -2.54. The van der Waals surface area contributed by atoms with E-state index in [2.05, 4.69) is 12.2 Å². The fraction of sp³-hybridized carbons (Fsp3) is 0.600. The van der Waals surface area contributed by atoms with Gasteiger partial charge in [-0.3, -0.25) is 0 Å². The van der Waals surface area contributed by atoms with Gasteiger partial charge in [0.25, 0.3) is 6.43 Å². The molecule has 0 saturated heterocycles. The lowest BCUT2D eigenvalue weighted by Gasteiger charge is -2.20. The standard InChI is InChI=1S/C5H7F2NO2S/c6-3(7)5(8,1-2-11)4(9)10/h2-3H,1,8H2,(H,9,10). The van der Waals surface area contributed by atoms with E-state index in [0.29, 0.717) is 0 Å². The van der Waals surface area contributed by atoms with Gasteiger partial charge in [0.1, 0.15) is 0 Å². The van der Waals surface area contributed by atoms with Crippen molar-refractivity contribution in [3.63, 3.8) is 0 Å². The molecule has 1 unspecified atom stereocenters. The van der Waals surface area contributed by atoms with Crippen molar-refractivity contribution in [2.24, 2.45) is 5.73 Å². The Kier molecular flexibility index (Phi) is 3.47. The van der Waals surface area contributed by atoms with Crippen molar-refractivity contribution in [1.29, 1.82) is 0 Å². The molecule has 0 aromatic carbocycles. The molecule has 0 aliphatic rings. The summed E-state index contributed by atoms with van der Waals surface area (Å²) >= 11 is 4.24. The molecule has 0 saturated carbocycles. The number of nitrogens with two attached hydrogens (primary N) is 1. The van der Waals surface area contributed by atoms with Crippen LogP contribution in [0.1, 0.15) is 6.42 Å². The monoisotopic (exact) mass is 183 g/mol. The largest absolute Gasteiger partial charge is 0.480 e. The molecule has 0 aliphatic heterocycles. The Balaban J connectivity index is 4.51. The lowest BCUT2D eigenvalue weighted by atomic mass is 9.99. The summed E-state index contributed by atoms with van der Waals surface area (Å²) in [5.74, 6) is -1.74. The molecule has 3 N–H and O–H groups in total. The van der Waals surface area contributed by atoms with Crippen molar-refractivity contribution in [1.82, 2.24) is 0 Å². The summed E-state index contributed by atoms with van der Waals surface area (Å²) in [6, 6.07) is 0. The van der Waals surface area contributed by atoms with Crippen LogP contribution in [0.15, 0.2) is 0 Å². The minimum atomic E-state index is -3.11. The lowest BCUT2D eigenvalue weighted by molar-refractivity contribution is -0.149. The van der Waals surface area contributed by atoms with E-state index in [1.807, 2.05) is 0 Å². The highest BCUT2D eigenvalue weighted by Crippen LogP contribution is 2.16. The zero-order chi connectivity index (χ0) is 9.07. The number of rotatable bonds is 4. The molecular formula is C5H7F2NO2S. The van der Waals surface area contributed by atoms with Gasteiger partial charge in [0.05, 0.1) is 0 Å². The normalized spacial score (nSPS) is 16.0. The molecule has 0 bridgehead atoms.